The van der Waals surface area contributed by atoms with Crippen molar-refractivity contribution in [1.82, 2.24) is 0 Å². The molecule has 8 heteroatoms. The average Bonchev–Trinajstić information content (AvgIpc) is 1.31. The molecule has 0 unspecified atom stereocenters. The van der Waals surface area contributed by atoms with Crippen LogP contribution in [0.1, 0.15) is 0 Å². The van der Waals surface area contributed by atoms with E-state index in [0.717, 1.165) is 0 Å². The van der Waals surface area contributed by atoms with Gasteiger partial charge in [-0.3, -0.25) is 4.55 Å². The molecule has 0 bridgehead atoms. The molecule has 0 aliphatic heterocycles. The monoisotopic (exact) mass is 184 g/mol. The van der Waals surface area contributed by atoms with Gasteiger partial charge in [0.1, 0.15) is 0 Å². The molecule has 0 saturated heterocycles. The maximum absolute atomic E-state index is 9.27. The van der Waals surface area contributed by atoms with E-state index in [9.17, 15) is 16.8 Å². The van der Waals surface area contributed by atoms with Crippen LogP contribution in [0.5, 0.6) is 0 Å². The molecule has 0 amide bonds. The molecule has 0 aromatic carbocycles. The smallest absolute Gasteiger partial charge is 0.407 e. The molecule has 44 valence electrons. The van der Waals surface area contributed by atoms with Crippen LogP contribution >= 0.6 is 0 Å². The summed E-state index contributed by atoms with van der Waals surface area (Å²) in [5.74, 6) is 0. The van der Waals surface area contributed by atoms with Gasteiger partial charge in [-0.2, -0.15) is 0 Å². The summed E-state index contributed by atoms with van der Waals surface area (Å²) < 4.78 is 44.4. The Morgan fingerprint density at radius 1 is 1.25 bits per heavy atom. The van der Waals surface area contributed by atoms with E-state index in [1.807, 2.05) is 0 Å². The normalized spacial score (nSPS) is 10.8. The van der Waals surface area contributed by atoms with Crippen LogP contribution in [0, 0.1) is 0 Å². The molecule has 0 heterocycles. The van der Waals surface area contributed by atoms with Crippen molar-refractivity contribution in [3.8, 4) is 0 Å². The van der Waals surface area contributed by atoms with Gasteiger partial charge in [0.15, 0.2) is 0 Å². The van der Waals surface area contributed by atoms with Crippen molar-refractivity contribution in [2.45, 2.75) is 0 Å². The van der Waals surface area contributed by atoms with Crippen molar-refractivity contribution in [2.75, 3.05) is 0 Å². The summed E-state index contributed by atoms with van der Waals surface area (Å²) in [7, 11) is -8.23. The Balaban J connectivity index is 0. The average molecular weight is 184 g/mol. The summed E-state index contributed by atoms with van der Waals surface area (Å²) in [6.45, 7) is 0. The Kier molecular flexibility index (Phi) is 6.61. The molecule has 0 aromatic rings. The largest absolute Gasteiger partial charge is 1.00 e. The first kappa shape index (κ1) is 12.2. The zero-order valence-electron chi connectivity index (χ0n) is 3.90. The molecule has 8 heavy (non-hydrogen) atoms. The fourth-order valence-electron chi connectivity index (χ4n) is 0. The topological polar surface area (TPSA) is 88.5 Å². The van der Waals surface area contributed by atoms with Gasteiger partial charge in [0.2, 0.25) is 9.15 Å². The van der Waals surface area contributed by atoms with E-state index < -0.39 is 18.9 Å². The molecule has 0 aliphatic rings. The molecular weight excluding hydrogens is 183 g/mol. The van der Waals surface area contributed by atoms with E-state index in [4.69, 9.17) is 4.55 Å². The van der Waals surface area contributed by atoms with Crippen molar-refractivity contribution >= 4 is 18.9 Å². The zero-order chi connectivity index (χ0) is 6.08. The molecule has 0 rings (SSSR count). The van der Waals surface area contributed by atoms with Crippen LogP contribution in [-0.4, -0.2) is 13.0 Å². The van der Waals surface area contributed by atoms with Gasteiger partial charge in [-0.05, 0) is 0 Å². The molecule has 0 spiro atoms. The molecule has 0 aromatic heterocycles. The van der Waals surface area contributed by atoms with Crippen molar-refractivity contribution in [1.29, 1.82) is 0 Å². The SMILES string of the molecule is O=[S-](=O)S(=O)(=O)O.[K+]. The quantitative estimate of drug-likeness (QED) is 0.195. The number of rotatable bonds is 1. The van der Waals surface area contributed by atoms with Crippen LogP contribution in [0.15, 0.2) is 0 Å². The molecule has 0 fully saturated rings. The van der Waals surface area contributed by atoms with Crippen molar-refractivity contribution in [3.63, 3.8) is 0 Å². The third-order valence-electron chi connectivity index (χ3n) is 0.172. The minimum absolute atomic E-state index is 0. The van der Waals surface area contributed by atoms with E-state index in [1.165, 1.54) is 0 Å². The summed E-state index contributed by atoms with van der Waals surface area (Å²) >= 11 is 0. The molecule has 1 N–H and O–H groups in total. The third-order valence-corrected chi connectivity index (χ3v) is 1.55. The van der Waals surface area contributed by atoms with E-state index in [0.29, 0.717) is 0 Å². The van der Waals surface area contributed by atoms with Crippen LogP contribution in [0.25, 0.3) is 0 Å². The molecule has 0 radical (unpaired) electrons. The second-order valence-electron chi connectivity index (χ2n) is 0.632. The standard InChI is InChI=1S/K.HO5S2/c;1-6(2)7(3,4)5/h;(H,3,4,5)/q+1;-1. The zero-order valence-corrected chi connectivity index (χ0v) is 8.65. The summed E-state index contributed by atoms with van der Waals surface area (Å²) in [6, 6.07) is 0. The number of hydrogen-bond donors (Lipinski definition) is 1. The van der Waals surface area contributed by atoms with Gasteiger partial charge in [-0.25, -0.2) is 8.42 Å². The summed E-state index contributed by atoms with van der Waals surface area (Å²) in [5, 5.41) is 0. The predicted molar refractivity (Wildman–Crippen MR) is 20.3 cm³/mol. The fraction of sp³-hybridized carbons (Fsp3) is 0. The van der Waals surface area contributed by atoms with Crippen molar-refractivity contribution in [3.05, 3.63) is 0 Å². The first-order chi connectivity index (χ1) is 2.94. The second kappa shape index (κ2) is 4.33. The van der Waals surface area contributed by atoms with Gasteiger partial charge in [-0.1, -0.05) is 0 Å². The van der Waals surface area contributed by atoms with Crippen LogP contribution in [-0.2, 0) is 27.3 Å². The van der Waals surface area contributed by atoms with Crippen LogP contribution in [0.2, 0.25) is 0 Å². The summed E-state index contributed by atoms with van der Waals surface area (Å²) in [5.41, 5.74) is 0. The molecular formula is HKO5S2. The van der Waals surface area contributed by atoms with Gasteiger partial charge in [-0.15, -0.1) is 0 Å². The van der Waals surface area contributed by atoms with Gasteiger partial charge in [0.05, 0.1) is 9.74 Å². The Morgan fingerprint density at radius 2 is 1.38 bits per heavy atom. The van der Waals surface area contributed by atoms with Gasteiger partial charge >= 0.3 is 51.4 Å². The minimum Gasteiger partial charge on any atom is -0.407 e. The minimum atomic E-state index is -4.82. The summed E-state index contributed by atoms with van der Waals surface area (Å²) in [4.78, 5) is 0. The Morgan fingerprint density at radius 3 is 1.38 bits per heavy atom. The van der Waals surface area contributed by atoms with Crippen LogP contribution in [0.4, 0.5) is 0 Å². The first-order valence-electron chi connectivity index (χ1n) is 1.02. The Labute approximate surface area is 90.0 Å². The fourth-order valence-corrected chi connectivity index (χ4v) is 0. The molecule has 0 saturated carbocycles. The van der Waals surface area contributed by atoms with E-state index in [2.05, 4.69) is 0 Å². The van der Waals surface area contributed by atoms with E-state index in [-0.39, 0.29) is 51.4 Å². The second-order valence-corrected chi connectivity index (χ2v) is 3.98. The third kappa shape index (κ3) is 5.63. The van der Waals surface area contributed by atoms with Gasteiger partial charge < -0.3 is 8.42 Å². The molecule has 0 aliphatic carbocycles. The van der Waals surface area contributed by atoms with E-state index in [1.54, 1.807) is 0 Å². The summed E-state index contributed by atoms with van der Waals surface area (Å²) in [6.07, 6.45) is 0. The van der Waals surface area contributed by atoms with Crippen LogP contribution < -0.4 is 51.4 Å². The number of hydrogen-bond acceptors (Lipinski definition) is 5. The molecule has 0 atom stereocenters. The van der Waals surface area contributed by atoms with Crippen molar-refractivity contribution in [2.24, 2.45) is 0 Å². The van der Waals surface area contributed by atoms with Crippen LogP contribution in [0.3, 0.4) is 0 Å². The Bertz CT molecular complexity index is 199. The van der Waals surface area contributed by atoms with Gasteiger partial charge in [0, 0.05) is 0 Å². The Hall–Kier alpha value is 1.50. The predicted octanol–water partition coefficient (Wildman–Crippen LogP) is -3.90. The maximum Gasteiger partial charge on any atom is 1.00 e. The molecule has 5 nitrogen and oxygen atoms in total. The first-order valence-corrected chi connectivity index (χ1v) is 4.05. The van der Waals surface area contributed by atoms with Crippen molar-refractivity contribution < 1.29 is 72.8 Å². The maximum atomic E-state index is 9.27. The van der Waals surface area contributed by atoms with E-state index >= 15 is 0 Å². The van der Waals surface area contributed by atoms with Gasteiger partial charge in [0.25, 0.3) is 0 Å².